The highest BCUT2D eigenvalue weighted by Crippen LogP contribution is 2.32. The predicted octanol–water partition coefficient (Wildman–Crippen LogP) is 3.70. The lowest BCUT2D eigenvalue weighted by molar-refractivity contribution is 0.280. The minimum Gasteiger partial charge on any atom is -0.317 e. The van der Waals surface area contributed by atoms with E-state index in [-0.39, 0.29) is 17.8 Å². The normalized spacial score (nSPS) is 17.1. The Morgan fingerprint density at radius 2 is 1.75 bits per heavy atom. The van der Waals surface area contributed by atoms with Crippen molar-refractivity contribution in [3.8, 4) is 6.07 Å². The van der Waals surface area contributed by atoms with Crippen LogP contribution in [-0.2, 0) is 6.42 Å². The van der Waals surface area contributed by atoms with Gasteiger partial charge in [0.25, 0.3) is 0 Å². The topological polar surface area (TPSA) is 35.8 Å². The van der Waals surface area contributed by atoms with Crippen LogP contribution in [0.15, 0.2) is 42.5 Å². The molecule has 3 rings (SSSR count). The summed E-state index contributed by atoms with van der Waals surface area (Å²) in [7, 11) is 0. The summed E-state index contributed by atoms with van der Waals surface area (Å²) in [5.41, 5.74) is 1.11. The van der Waals surface area contributed by atoms with Gasteiger partial charge in [-0.25, -0.2) is 0 Å². The lowest BCUT2D eigenvalue weighted by atomic mass is 9.75. The van der Waals surface area contributed by atoms with Gasteiger partial charge in [0.2, 0.25) is 0 Å². The molecule has 1 aliphatic heterocycles. The van der Waals surface area contributed by atoms with E-state index in [2.05, 4.69) is 53.9 Å². The summed E-state index contributed by atoms with van der Waals surface area (Å²) in [6.07, 6.45) is 2.78. The van der Waals surface area contributed by atoms with E-state index in [4.69, 9.17) is 0 Å². The maximum absolute atomic E-state index is 9.54. The van der Waals surface area contributed by atoms with Crippen LogP contribution in [0.5, 0.6) is 0 Å². The van der Waals surface area contributed by atoms with Gasteiger partial charge >= 0.3 is 0 Å². The van der Waals surface area contributed by atoms with Crippen LogP contribution in [0, 0.1) is 16.7 Å². The van der Waals surface area contributed by atoms with Crippen LogP contribution >= 0.6 is 12.4 Å². The highest BCUT2D eigenvalue weighted by atomic mass is 35.5. The fourth-order valence-corrected chi connectivity index (χ4v) is 2.97. The number of rotatable bonds is 2. The largest absolute Gasteiger partial charge is 0.317 e. The first-order chi connectivity index (χ1) is 9.31. The van der Waals surface area contributed by atoms with Crippen LogP contribution in [0.3, 0.4) is 0 Å². The standard InChI is InChI=1S/C17H18N2.ClH/c18-13-17(7-9-19-10-8-17)12-14-5-6-15-3-1-2-4-16(15)11-14;/h1-6,11,19H,7-10,12H2;1H. The SMILES string of the molecule is Cl.N#CC1(Cc2ccc3ccccc3c2)CCNCC1. The molecule has 2 nitrogen and oxygen atoms in total. The molecule has 0 amide bonds. The van der Waals surface area contributed by atoms with E-state index in [9.17, 15) is 5.26 Å². The van der Waals surface area contributed by atoms with Crippen LogP contribution in [0.4, 0.5) is 0 Å². The van der Waals surface area contributed by atoms with Gasteiger partial charge in [0, 0.05) is 0 Å². The molecule has 20 heavy (non-hydrogen) atoms. The van der Waals surface area contributed by atoms with Crippen molar-refractivity contribution < 1.29 is 0 Å². The first kappa shape index (κ1) is 14.8. The molecule has 0 aliphatic carbocycles. The second-order valence-corrected chi connectivity index (χ2v) is 5.50. The molecule has 0 atom stereocenters. The Morgan fingerprint density at radius 3 is 2.45 bits per heavy atom. The molecular weight excluding hydrogens is 268 g/mol. The fraction of sp³-hybridized carbons (Fsp3) is 0.353. The fourth-order valence-electron chi connectivity index (χ4n) is 2.97. The highest BCUT2D eigenvalue weighted by Gasteiger charge is 2.32. The van der Waals surface area contributed by atoms with Gasteiger partial charge in [0.05, 0.1) is 11.5 Å². The van der Waals surface area contributed by atoms with Crippen molar-refractivity contribution in [3.05, 3.63) is 48.0 Å². The van der Waals surface area contributed by atoms with Crippen molar-refractivity contribution in [3.63, 3.8) is 0 Å². The molecule has 0 aromatic heterocycles. The summed E-state index contributed by atoms with van der Waals surface area (Å²) in [4.78, 5) is 0. The molecule has 0 spiro atoms. The Hall–Kier alpha value is -1.56. The molecule has 0 unspecified atom stereocenters. The van der Waals surface area contributed by atoms with Gasteiger partial charge in [-0.2, -0.15) is 5.26 Å². The zero-order chi connectivity index (χ0) is 13.1. The highest BCUT2D eigenvalue weighted by molar-refractivity contribution is 5.85. The molecule has 1 heterocycles. The number of hydrogen-bond donors (Lipinski definition) is 1. The third-order valence-electron chi connectivity index (χ3n) is 4.15. The van der Waals surface area contributed by atoms with E-state index in [1.165, 1.54) is 16.3 Å². The minimum atomic E-state index is -0.173. The predicted molar refractivity (Wildman–Crippen MR) is 85.0 cm³/mol. The molecule has 0 saturated carbocycles. The third kappa shape index (κ3) is 2.95. The molecule has 1 saturated heterocycles. The molecule has 1 N–H and O–H groups in total. The van der Waals surface area contributed by atoms with Crippen molar-refractivity contribution in [1.82, 2.24) is 5.32 Å². The lowest BCUT2D eigenvalue weighted by Gasteiger charge is -2.31. The van der Waals surface area contributed by atoms with Gasteiger partial charge in [-0.05, 0) is 48.7 Å². The van der Waals surface area contributed by atoms with Crippen molar-refractivity contribution >= 4 is 23.2 Å². The summed E-state index contributed by atoms with van der Waals surface area (Å²) >= 11 is 0. The average molecular weight is 287 g/mol. The van der Waals surface area contributed by atoms with Crippen LogP contribution in [0.1, 0.15) is 18.4 Å². The molecular formula is C17H19ClN2. The van der Waals surface area contributed by atoms with Crippen molar-refractivity contribution in [2.24, 2.45) is 5.41 Å². The van der Waals surface area contributed by atoms with Crippen LogP contribution in [0.2, 0.25) is 0 Å². The van der Waals surface area contributed by atoms with Gasteiger partial charge in [-0.15, -0.1) is 12.4 Å². The summed E-state index contributed by atoms with van der Waals surface area (Å²) in [5, 5.41) is 15.4. The Morgan fingerprint density at radius 1 is 1.05 bits per heavy atom. The van der Waals surface area contributed by atoms with E-state index in [0.29, 0.717) is 0 Å². The molecule has 0 bridgehead atoms. The van der Waals surface area contributed by atoms with Crippen LogP contribution in [-0.4, -0.2) is 13.1 Å². The number of benzene rings is 2. The van der Waals surface area contributed by atoms with Crippen molar-refractivity contribution in [1.29, 1.82) is 5.26 Å². The lowest BCUT2D eigenvalue weighted by Crippen LogP contribution is -2.37. The summed E-state index contributed by atoms with van der Waals surface area (Å²) in [6, 6.07) is 17.5. The van der Waals surface area contributed by atoms with E-state index >= 15 is 0 Å². The average Bonchev–Trinajstić information content (AvgIpc) is 2.48. The number of nitriles is 1. The summed E-state index contributed by atoms with van der Waals surface area (Å²) in [5.74, 6) is 0. The van der Waals surface area contributed by atoms with Crippen molar-refractivity contribution in [2.45, 2.75) is 19.3 Å². The number of halogens is 1. The summed E-state index contributed by atoms with van der Waals surface area (Å²) in [6.45, 7) is 1.92. The van der Waals surface area contributed by atoms with E-state index in [1.54, 1.807) is 0 Å². The Bertz CT molecular complexity index is 624. The van der Waals surface area contributed by atoms with Gasteiger partial charge in [0.1, 0.15) is 0 Å². The minimum absolute atomic E-state index is 0. The van der Waals surface area contributed by atoms with Gasteiger partial charge in [-0.1, -0.05) is 42.5 Å². The maximum atomic E-state index is 9.54. The molecule has 1 aliphatic rings. The number of hydrogen-bond acceptors (Lipinski definition) is 2. The number of nitrogens with zero attached hydrogens (tertiary/aromatic N) is 1. The van der Waals surface area contributed by atoms with E-state index < -0.39 is 0 Å². The Labute approximate surface area is 126 Å². The van der Waals surface area contributed by atoms with Gasteiger partial charge < -0.3 is 5.32 Å². The van der Waals surface area contributed by atoms with Crippen LogP contribution in [0.25, 0.3) is 10.8 Å². The van der Waals surface area contributed by atoms with Gasteiger partial charge in [0.15, 0.2) is 0 Å². The smallest absolute Gasteiger partial charge is 0.0694 e. The summed E-state index contributed by atoms with van der Waals surface area (Å²) < 4.78 is 0. The maximum Gasteiger partial charge on any atom is 0.0694 e. The quantitative estimate of drug-likeness (QED) is 0.914. The second-order valence-electron chi connectivity index (χ2n) is 5.50. The van der Waals surface area contributed by atoms with E-state index in [1.807, 2.05) is 0 Å². The first-order valence-corrected chi connectivity index (χ1v) is 6.91. The number of fused-ring (bicyclic) bond motifs is 1. The second kappa shape index (κ2) is 6.26. The monoisotopic (exact) mass is 286 g/mol. The number of nitrogens with one attached hydrogen (secondary N) is 1. The molecule has 2 aromatic rings. The zero-order valence-corrected chi connectivity index (χ0v) is 12.2. The van der Waals surface area contributed by atoms with E-state index in [0.717, 1.165) is 32.4 Å². The van der Waals surface area contributed by atoms with Crippen molar-refractivity contribution in [2.75, 3.05) is 13.1 Å². The molecule has 2 aromatic carbocycles. The molecule has 104 valence electrons. The molecule has 1 fully saturated rings. The first-order valence-electron chi connectivity index (χ1n) is 6.91. The molecule has 3 heteroatoms. The van der Waals surface area contributed by atoms with Crippen LogP contribution < -0.4 is 5.32 Å². The van der Waals surface area contributed by atoms with Gasteiger partial charge in [-0.3, -0.25) is 0 Å². The third-order valence-corrected chi connectivity index (χ3v) is 4.15. The zero-order valence-electron chi connectivity index (χ0n) is 11.4. The number of piperidine rings is 1. The Balaban J connectivity index is 0.00000147. The molecule has 0 radical (unpaired) electrons. The Kier molecular flexibility index (Phi) is 4.65.